The van der Waals surface area contributed by atoms with Crippen molar-refractivity contribution in [2.24, 2.45) is 0 Å². The molecule has 1 aromatic carbocycles. The molecule has 1 aromatic heterocycles. The minimum absolute atomic E-state index is 0.213. The van der Waals surface area contributed by atoms with Crippen molar-refractivity contribution in [3.63, 3.8) is 0 Å². The molecular formula is C26H35N3O2S. The molecule has 0 bridgehead atoms. The molecule has 5 nitrogen and oxygen atoms in total. The third-order valence-corrected chi connectivity index (χ3v) is 7.89. The number of carbonyl (C=O) groups excluding carboxylic acids is 2. The summed E-state index contributed by atoms with van der Waals surface area (Å²) in [4.78, 5) is 33.1. The molecule has 2 amide bonds. The number of nitrogens with zero attached hydrogens (tertiary/aromatic N) is 3. The maximum Gasteiger partial charge on any atom is 0.223 e. The largest absolute Gasteiger partial charge is 0.339 e. The van der Waals surface area contributed by atoms with Gasteiger partial charge in [0.1, 0.15) is 0 Å². The van der Waals surface area contributed by atoms with E-state index >= 15 is 0 Å². The van der Waals surface area contributed by atoms with Crippen LogP contribution in [0.25, 0.3) is 0 Å². The second-order valence-corrected chi connectivity index (χ2v) is 9.96. The average molecular weight is 454 g/mol. The summed E-state index contributed by atoms with van der Waals surface area (Å²) in [7, 11) is 0. The van der Waals surface area contributed by atoms with E-state index in [-0.39, 0.29) is 17.9 Å². The van der Waals surface area contributed by atoms with Gasteiger partial charge in [-0.05, 0) is 47.9 Å². The monoisotopic (exact) mass is 453 g/mol. The summed E-state index contributed by atoms with van der Waals surface area (Å²) in [6, 6.07) is 11.1. The fourth-order valence-electron chi connectivity index (χ4n) is 4.96. The lowest BCUT2D eigenvalue weighted by molar-refractivity contribution is -0.139. The number of amides is 2. The van der Waals surface area contributed by atoms with Crippen LogP contribution in [0.15, 0.2) is 35.7 Å². The van der Waals surface area contributed by atoms with Gasteiger partial charge >= 0.3 is 0 Å². The standard InChI is InChI=1S/C26H35N3O2S/c1-3-4-9-24(30)27-15-17-28(18-16-27)25(31)11-14-29-13-10-23-22(12-19-32-23)26(29)21-8-6-5-7-20(21)2/h5-8,12,19,26H,3-4,9-11,13-18H2,1-2H3. The molecule has 2 aromatic rings. The Morgan fingerprint density at radius 1 is 0.938 bits per heavy atom. The highest BCUT2D eigenvalue weighted by Gasteiger charge is 2.31. The molecule has 0 spiro atoms. The number of piperazine rings is 1. The van der Waals surface area contributed by atoms with Crippen LogP contribution in [0.4, 0.5) is 0 Å². The number of benzene rings is 1. The smallest absolute Gasteiger partial charge is 0.223 e. The zero-order valence-electron chi connectivity index (χ0n) is 19.4. The van der Waals surface area contributed by atoms with E-state index in [1.165, 1.54) is 21.6 Å². The van der Waals surface area contributed by atoms with Gasteiger partial charge in [-0.25, -0.2) is 0 Å². The molecule has 1 atom stereocenters. The Hall–Kier alpha value is -2.18. The summed E-state index contributed by atoms with van der Waals surface area (Å²) >= 11 is 1.85. The van der Waals surface area contributed by atoms with Crippen LogP contribution in [0.3, 0.4) is 0 Å². The molecule has 0 N–H and O–H groups in total. The molecular weight excluding hydrogens is 418 g/mol. The first-order chi connectivity index (χ1) is 15.6. The molecule has 32 heavy (non-hydrogen) atoms. The molecule has 172 valence electrons. The highest BCUT2D eigenvalue weighted by Crippen LogP contribution is 2.38. The van der Waals surface area contributed by atoms with Crippen molar-refractivity contribution in [3.05, 3.63) is 57.3 Å². The van der Waals surface area contributed by atoms with Crippen molar-refractivity contribution in [2.75, 3.05) is 39.3 Å². The fourth-order valence-corrected chi connectivity index (χ4v) is 5.86. The van der Waals surface area contributed by atoms with E-state index in [1.54, 1.807) is 0 Å². The highest BCUT2D eigenvalue weighted by atomic mass is 32.1. The first-order valence-corrected chi connectivity index (χ1v) is 12.9. The molecule has 4 rings (SSSR count). The molecule has 6 heteroatoms. The zero-order chi connectivity index (χ0) is 22.5. The molecule has 0 radical (unpaired) electrons. The van der Waals surface area contributed by atoms with Gasteiger partial charge in [-0.2, -0.15) is 0 Å². The zero-order valence-corrected chi connectivity index (χ0v) is 20.2. The minimum Gasteiger partial charge on any atom is -0.339 e. The van der Waals surface area contributed by atoms with E-state index in [0.717, 1.165) is 32.4 Å². The Kier molecular flexibility index (Phi) is 7.63. The van der Waals surface area contributed by atoms with E-state index in [1.807, 2.05) is 21.1 Å². The van der Waals surface area contributed by atoms with Crippen molar-refractivity contribution in [1.82, 2.24) is 14.7 Å². The number of thiophene rings is 1. The van der Waals surface area contributed by atoms with Gasteiger partial charge in [0.2, 0.25) is 11.8 Å². The summed E-state index contributed by atoms with van der Waals surface area (Å²) in [5.41, 5.74) is 4.05. The predicted octanol–water partition coefficient (Wildman–Crippen LogP) is 4.26. The Labute approximate surface area is 196 Å². The maximum atomic E-state index is 13.0. The van der Waals surface area contributed by atoms with Crippen LogP contribution in [0, 0.1) is 6.92 Å². The molecule has 1 saturated heterocycles. The van der Waals surface area contributed by atoms with E-state index in [4.69, 9.17) is 0 Å². The summed E-state index contributed by atoms with van der Waals surface area (Å²) in [5.74, 6) is 0.449. The van der Waals surface area contributed by atoms with Crippen molar-refractivity contribution in [1.29, 1.82) is 0 Å². The molecule has 2 aliphatic heterocycles. The molecule has 2 aliphatic rings. The van der Waals surface area contributed by atoms with Crippen LogP contribution in [-0.2, 0) is 16.0 Å². The second-order valence-electron chi connectivity index (χ2n) is 8.96. The molecule has 1 fully saturated rings. The first kappa shape index (κ1) is 23.0. The number of hydrogen-bond acceptors (Lipinski definition) is 4. The van der Waals surface area contributed by atoms with E-state index < -0.39 is 0 Å². The number of hydrogen-bond donors (Lipinski definition) is 0. The highest BCUT2D eigenvalue weighted by molar-refractivity contribution is 7.10. The van der Waals surface area contributed by atoms with Crippen molar-refractivity contribution < 1.29 is 9.59 Å². The Balaban J connectivity index is 1.36. The summed E-state index contributed by atoms with van der Waals surface area (Å²) in [6.45, 7) is 8.70. The molecule has 0 saturated carbocycles. The summed E-state index contributed by atoms with van der Waals surface area (Å²) in [5, 5.41) is 2.20. The van der Waals surface area contributed by atoms with Crippen molar-refractivity contribution in [3.8, 4) is 0 Å². The van der Waals surface area contributed by atoms with Crippen LogP contribution >= 0.6 is 11.3 Å². The van der Waals surface area contributed by atoms with Gasteiger partial charge < -0.3 is 9.80 Å². The minimum atomic E-state index is 0.213. The average Bonchev–Trinajstić information content (AvgIpc) is 3.30. The van der Waals surface area contributed by atoms with Gasteiger partial charge in [0, 0.05) is 57.0 Å². The predicted molar refractivity (Wildman–Crippen MR) is 130 cm³/mol. The Morgan fingerprint density at radius 2 is 1.62 bits per heavy atom. The quantitative estimate of drug-likeness (QED) is 0.629. The first-order valence-electron chi connectivity index (χ1n) is 12.0. The van der Waals surface area contributed by atoms with Crippen LogP contribution < -0.4 is 0 Å². The Bertz CT molecular complexity index is 933. The number of aryl methyl sites for hydroxylation is 1. The molecule has 3 heterocycles. The second kappa shape index (κ2) is 10.6. The van der Waals surface area contributed by atoms with Crippen molar-refractivity contribution in [2.45, 2.75) is 52.0 Å². The van der Waals surface area contributed by atoms with E-state index in [0.29, 0.717) is 39.0 Å². The topological polar surface area (TPSA) is 43.9 Å². The molecule has 0 aliphatic carbocycles. The fraction of sp³-hybridized carbons (Fsp3) is 0.538. The van der Waals surface area contributed by atoms with Gasteiger partial charge in [0.15, 0.2) is 0 Å². The van der Waals surface area contributed by atoms with Gasteiger partial charge in [0.05, 0.1) is 6.04 Å². The third-order valence-electron chi connectivity index (χ3n) is 6.89. The van der Waals surface area contributed by atoms with Crippen LogP contribution in [0.1, 0.15) is 60.2 Å². The summed E-state index contributed by atoms with van der Waals surface area (Å²) in [6.07, 6.45) is 4.21. The van der Waals surface area contributed by atoms with Crippen LogP contribution in [-0.4, -0.2) is 65.8 Å². The number of unbranched alkanes of at least 4 members (excludes halogenated alkanes) is 1. The maximum absolute atomic E-state index is 13.0. The summed E-state index contributed by atoms with van der Waals surface area (Å²) < 4.78 is 0. The lowest BCUT2D eigenvalue weighted by Crippen LogP contribution is -2.51. The normalized spacial score (nSPS) is 19.1. The van der Waals surface area contributed by atoms with Crippen LogP contribution in [0.5, 0.6) is 0 Å². The number of carbonyl (C=O) groups is 2. The van der Waals surface area contributed by atoms with Crippen LogP contribution in [0.2, 0.25) is 0 Å². The van der Waals surface area contributed by atoms with Gasteiger partial charge in [-0.15, -0.1) is 11.3 Å². The molecule has 1 unspecified atom stereocenters. The third kappa shape index (κ3) is 5.07. The van der Waals surface area contributed by atoms with E-state index in [9.17, 15) is 9.59 Å². The van der Waals surface area contributed by atoms with Crippen molar-refractivity contribution >= 4 is 23.2 Å². The Morgan fingerprint density at radius 3 is 2.31 bits per heavy atom. The SMILES string of the molecule is CCCCC(=O)N1CCN(C(=O)CCN2CCc3sccc3C2c2ccccc2C)CC1. The lowest BCUT2D eigenvalue weighted by atomic mass is 9.90. The number of fused-ring (bicyclic) bond motifs is 1. The van der Waals surface area contributed by atoms with Gasteiger partial charge in [-0.1, -0.05) is 37.6 Å². The van der Waals surface area contributed by atoms with E-state index in [2.05, 4.69) is 54.5 Å². The lowest BCUT2D eigenvalue weighted by Gasteiger charge is -2.38. The number of rotatable bonds is 7. The van der Waals surface area contributed by atoms with Gasteiger partial charge in [-0.3, -0.25) is 14.5 Å². The van der Waals surface area contributed by atoms with Gasteiger partial charge in [0.25, 0.3) is 0 Å².